The van der Waals surface area contributed by atoms with Crippen LogP contribution in [0.15, 0.2) is 65.9 Å². The Labute approximate surface area is 139 Å². The van der Waals surface area contributed by atoms with Crippen molar-refractivity contribution in [2.45, 2.75) is 55.9 Å². The Morgan fingerprint density at radius 1 is 0.909 bits per heavy atom. The Hall–Kier alpha value is -1.96. The van der Waals surface area contributed by atoms with Crippen LogP contribution in [-0.2, 0) is 0 Å². The average Bonchev–Trinajstić information content (AvgIpc) is 2.58. The standard InChI is InChI=1S/C13H14N2.3C2H6.CH4/c1-4-7-15-13-9-11(6-3)10(5-2)8-12(13)14;3*1-2;/h4-9,14H,2-3H2,1H3;3*1-2H3;1H4/b7-4-,14-12?,15-13?;;;;. The molecule has 22 heavy (non-hydrogen) atoms. The highest BCUT2D eigenvalue weighted by molar-refractivity contribution is 6.50. The maximum absolute atomic E-state index is 7.76. The van der Waals surface area contributed by atoms with E-state index in [-0.39, 0.29) is 7.43 Å². The maximum atomic E-state index is 7.76. The van der Waals surface area contributed by atoms with Crippen molar-refractivity contribution in [2.24, 2.45) is 4.99 Å². The first-order chi connectivity index (χ1) is 10.2. The molecular weight excluding hydrogens is 268 g/mol. The van der Waals surface area contributed by atoms with Crippen LogP contribution in [0.4, 0.5) is 0 Å². The van der Waals surface area contributed by atoms with Crippen LogP contribution in [0.3, 0.4) is 0 Å². The first-order valence-electron chi connectivity index (χ1n) is 7.69. The summed E-state index contributed by atoms with van der Waals surface area (Å²) >= 11 is 0. The van der Waals surface area contributed by atoms with Gasteiger partial charge in [0.05, 0.1) is 11.4 Å². The summed E-state index contributed by atoms with van der Waals surface area (Å²) < 4.78 is 0. The van der Waals surface area contributed by atoms with Crippen LogP contribution < -0.4 is 0 Å². The fourth-order valence-electron chi connectivity index (χ4n) is 1.24. The molecule has 2 nitrogen and oxygen atoms in total. The van der Waals surface area contributed by atoms with Gasteiger partial charge in [-0.2, -0.15) is 0 Å². The molecule has 126 valence electrons. The van der Waals surface area contributed by atoms with Crippen molar-refractivity contribution >= 4 is 11.4 Å². The molecule has 1 aliphatic rings. The molecule has 0 atom stereocenters. The number of allylic oxidation sites excluding steroid dienone is 7. The second-order valence-electron chi connectivity index (χ2n) is 3.02. The lowest BCUT2D eigenvalue weighted by Gasteiger charge is -2.11. The van der Waals surface area contributed by atoms with Gasteiger partial charge in [-0.05, 0) is 30.2 Å². The first-order valence-corrected chi connectivity index (χ1v) is 7.69. The predicted octanol–water partition coefficient (Wildman–Crippen LogP) is 6.93. The van der Waals surface area contributed by atoms with Gasteiger partial charge in [-0.3, -0.25) is 10.4 Å². The average molecular weight is 305 g/mol. The van der Waals surface area contributed by atoms with Gasteiger partial charge in [0, 0.05) is 6.20 Å². The molecule has 0 amide bonds. The Bertz CT molecular complexity index is 419. The number of aliphatic imine (C=N–C) groups is 1. The smallest absolute Gasteiger partial charge is 0.0885 e. The SMILES string of the molecule is C.C=CC1=CC(=N)C(=N/C=C\C)C=C1C=C.CC.CC.CC. The van der Waals surface area contributed by atoms with Crippen LogP contribution in [-0.4, -0.2) is 11.4 Å². The highest BCUT2D eigenvalue weighted by Crippen LogP contribution is 2.17. The summed E-state index contributed by atoms with van der Waals surface area (Å²) in [5.41, 5.74) is 2.90. The van der Waals surface area contributed by atoms with Crippen molar-refractivity contribution in [1.29, 1.82) is 5.41 Å². The van der Waals surface area contributed by atoms with Crippen molar-refractivity contribution < 1.29 is 0 Å². The van der Waals surface area contributed by atoms with Crippen molar-refractivity contribution in [1.82, 2.24) is 0 Å². The summed E-state index contributed by atoms with van der Waals surface area (Å²) in [4.78, 5) is 4.16. The van der Waals surface area contributed by atoms with E-state index in [1.807, 2.05) is 60.6 Å². The molecule has 0 aliphatic heterocycles. The van der Waals surface area contributed by atoms with Gasteiger partial charge in [0.25, 0.3) is 0 Å². The van der Waals surface area contributed by atoms with E-state index in [1.54, 1.807) is 24.4 Å². The van der Waals surface area contributed by atoms with E-state index in [4.69, 9.17) is 5.41 Å². The van der Waals surface area contributed by atoms with E-state index < -0.39 is 0 Å². The van der Waals surface area contributed by atoms with Gasteiger partial charge in [-0.15, -0.1) is 0 Å². The molecule has 1 N–H and O–H groups in total. The molecule has 1 aliphatic carbocycles. The zero-order valence-corrected chi connectivity index (χ0v) is 14.8. The Kier molecular flexibility index (Phi) is 27.4. The van der Waals surface area contributed by atoms with Gasteiger partial charge in [-0.25, -0.2) is 0 Å². The second kappa shape index (κ2) is 21.3. The Balaban J connectivity index is -0.000000206. The quantitative estimate of drug-likeness (QED) is 0.548. The summed E-state index contributed by atoms with van der Waals surface area (Å²) in [5, 5.41) is 7.76. The number of nitrogens with zero attached hydrogens (tertiary/aromatic N) is 1. The zero-order valence-electron chi connectivity index (χ0n) is 14.8. The molecule has 0 heterocycles. The third-order valence-electron chi connectivity index (χ3n) is 2.00. The molecule has 0 aromatic rings. The lowest BCUT2D eigenvalue weighted by atomic mass is 9.95. The Morgan fingerprint density at radius 3 is 1.68 bits per heavy atom. The lowest BCUT2D eigenvalue weighted by molar-refractivity contribution is 1.46. The minimum absolute atomic E-state index is 0. The molecule has 0 saturated carbocycles. The monoisotopic (exact) mass is 304 g/mol. The highest BCUT2D eigenvalue weighted by atomic mass is 14.7. The predicted molar refractivity (Wildman–Crippen MR) is 107 cm³/mol. The van der Waals surface area contributed by atoms with E-state index in [9.17, 15) is 0 Å². The summed E-state index contributed by atoms with van der Waals surface area (Å²) in [5.74, 6) is 0. The van der Waals surface area contributed by atoms with Crippen molar-refractivity contribution in [3.8, 4) is 0 Å². The van der Waals surface area contributed by atoms with Gasteiger partial charge >= 0.3 is 0 Å². The fraction of sp³-hybridized carbons (Fsp3) is 0.400. The largest absolute Gasteiger partial charge is 0.299 e. The van der Waals surface area contributed by atoms with Crippen molar-refractivity contribution in [3.05, 3.63) is 60.9 Å². The third kappa shape index (κ3) is 10.8. The molecule has 0 bridgehead atoms. The molecule has 0 spiro atoms. The number of hydrogen-bond acceptors (Lipinski definition) is 2. The summed E-state index contributed by atoms with van der Waals surface area (Å²) in [6.45, 7) is 21.3. The lowest BCUT2D eigenvalue weighted by Crippen LogP contribution is -2.13. The molecular formula is C20H36N2. The third-order valence-corrected chi connectivity index (χ3v) is 2.00. The first kappa shape index (κ1) is 28.2. The molecule has 0 saturated heterocycles. The molecule has 1 rings (SSSR count). The molecule has 0 aromatic carbocycles. The summed E-state index contributed by atoms with van der Waals surface area (Å²) in [7, 11) is 0. The normalized spacial score (nSPS) is 13.8. The molecule has 0 unspecified atom stereocenters. The van der Waals surface area contributed by atoms with Gasteiger partial charge < -0.3 is 0 Å². The topological polar surface area (TPSA) is 36.2 Å². The van der Waals surface area contributed by atoms with Crippen LogP contribution >= 0.6 is 0 Å². The summed E-state index contributed by atoms with van der Waals surface area (Å²) in [6.07, 6.45) is 10.5. The van der Waals surface area contributed by atoms with Crippen LogP contribution in [0.5, 0.6) is 0 Å². The van der Waals surface area contributed by atoms with E-state index in [1.165, 1.54) is 0 Å². The fourth-order valence-corrected chi connectivity index (χ4v) is 1.24. The highest BCUT2D eigenvalue weighted by Gasteiger charge is 2.11. The number of nitrogens with one attached hydrogen (secondary N) is 1. The van der Waals surface area contributed by atoms with E-state index in [2.05, 4.69) is 18.2 Å². The van der Waals surface area contributed by atoms with Crippen molar-refractivity contribution in [2.75, 3.05) is 0 Å². The van der Waals surface area contributed by atoms with Gasteiger partial charge in [0.15, 0.2) is 0 Å². The zero-order chi connectivity index (χ0) is 17.3. The number of hydrogen-bond donors (Lipinski definition) is 1. The second-order valence-corrected chi connectivity index (χ2v) is 3.02. The molecule has 0 radical (unpaired) electrons. The van der Waals surface area contributed by atoms with Gasteiger partial charge in [0.2, 0.25) is 0 Å². The van der Waals surface area contributed by atoms with E-state index >= 15 is 0 Å². The van der Waals surface area contributed by atoms with Crippen LogP contribution in [0.1, 0.15) is 55.9 Å². The van der Waals surface area contributed by atoms with Crippen LogP contribution in [0.25, 0.3) is 0 Å². The number of rotatable bonds is 3. The minimum atomic E-state index is 0. The van der Waals surface area contributed by atoms with Crippen molar-refractivity contribution in [3.63, 3.8) is 0 Å². The maximum Gasteiger partial charge on any atom is 0.0885 e. The minimum Gasteiger partial charge on any atom is -0.299 e. The van der Waals surface area contributed by atoms with Crippen LogP contribution in [0.2, 0.25) is 0 Å². The molecule has 0 aromatic heterocycles. The molecule has 0 fully saturated rings. The summed E-state index contributed by atoms with van der Waals surface area (Å²) in [6, 6.07) is 0. The van der Waals surface area contributed by atoms with Gasteiger partial charge in [0.1, 0.15) is 0 Å². The van der Waals surface area contributed by atoms with Gasteiger partial charge in [-0.1, -0.05) is 80.4 Å². The van der Waals surface area contributed by atoms with Crippen LogP contribution in [0, 0.1) is 5.41 Å². The molecule has 2 heteroatoms. The Morgan fingerprint density at radius 2 is 1.32 bits per heavy atom. The van der Waals surface area contributed by atoms with E-state index in [0.29, 0.717) is 11.4 Å². The van der Waals surface area contributed by atoms with E-state index in [0.717, 1.165) is 11.1 Å².